The average Bonchev–Trinajstić information content (AvgIpc) is 2.91. The van der Waals surface area contributed by atoms with E-state index < -0.39 is 0 Å². The summed E-state index contributed by atoms with van der Waals surface area (Å²) in [4.78, 5) is 12.0. The largest absolute Gasteiger partial charge is 0.323 e. The Morgan fingerprint density at radius 1 is 1.33 bits per heavy atom. The first-order valence-electron chi connectivity index (χ1n) is 6.82. The molecule has 1 aromatic heterocycles. The molecule has 1 amide bonds. The van der Waals surface area contributed by atoms with Gasteiger partial charge in [0, 0.05) is 12.0 Å². The predicted molar refractivity (Wildman–Crippen MR) is 77.5 cm³/mol. The molecule has 6 nitrogen and oxygen atoms in total. The number of carbonyl (C=O) groups excluding carboxylic acids is 1. The number of amides is 1. The highest BCUT2D eigenvalue weighted by Crippen LogP contribution is 2.28. The molecule has 106 valence electrons. The van der Waals surface area contributed by atoms with Crippen molar-refractivity contribution in [2.45, 2.75) is 18.9 Å². The molecule has 2 N–H and O–H groups in total. The summed E-state index contributed by atoms with van der Waals surface area (Å²) in [6.45, 7) is 0. The zero-order valence-electron chi connectivity index (χ0n) is 11.4. The number of para-hydroxylation sites is 1. The molecule has 1 saturated carbocycles. The van der Waals surface area contributed by atoms with Crippen LogP contribution in [0.1, 0.15) is 12.8 Å². The van der Waals surface area contributed by atoms with Crippen molar-refractivity contribution in [1.82, 2.24) is 15.1 Å². The van der Waals surface area contributed by atoms with Gasteiger partial charge in [-0.1, -0.05) is 18.2 Å². The van der Waals surface area contributed by atoms with Gasteiger partial charge in [0.1, 0.15) is 0 Å². The van der Waals surface area contributed by atoms with Gasteiger partial charge in [-0.25, -0.2) is 4.68 Å². The zero-order valence-corrected chi connectivity index (χ0v) is 11.4. The molecule has 0 aliphatic heterocycles. The lowest BCUT2D eigenvalue weighted by Crippen LogP contribution is -2.44. The Kier molecular flexibility index (Phi) is 3.56. The molecule has 0 saturated heterocycles. The third kappa shape index (κ3) is 2.87. The molecule has 6 heteroatoms. The number of aromatic nitrogens is 2. The van der Waals surface area contributed by atoms with Gasteiger partial charge in [-0.2, -0.15) is 10.4 Å². The Bertz CT molecular complexity index is 667. The number of benzene rings is 1. The van der Waals surface area contributed by atoms with Gasteiger partial charge in [0.05, 0.1) is 23.8 Å². The molecule has 2 aromatic rings. The standard InChI is InChI=1S/C15H15N5O/c16-10-17-12-6-11(7-12)15(21)19-13-8-18-20(9-13)14-4-2-1-3-5-14/h1-5,8-9,11-12,17H,6-7H2,(H,19,21)/t11-,12-. The molecule has 1 aromatic carbocycles. The van der Waals surface area contributed by atoms with E-state index in [4.69, 9.17) is 5.26 Å². The minimum atomic E-state index is -0.0316. The molecule has 0 radical (unpaired) electrons. The SMILES string of the molecule is N#CN[C@H]1C[C@H](C(=O)Nc2cnn(-c3ccccc3)c2)C1. The number of nitrogens with zero attached hydrogens (tertiary/aromatic N) is 3. The summed E-state index contributed by atoms with van der Waals surface area (Å²) in [5, 5.41) is 18.3. The molecule has 1 aliphatic carbocycles. The lowest BCUT2D eigenvalue weighted by molar-refractivity contribution is -0.122. The Morgan fingerprint density at radius 3 is 2.81 bits per heavy atom. The maximum atomic E-state index is 12.0. The van der Waals surface area contributed by atoms with Crippen molar-refractivity contribution in [2.75, 3.05) is 5.32 Å². The van der Waals surface area contributed by atoms with Crippen molar-refractivity contribution in [3.05, 3.63) is 42.7 Å². The Labute approximate surface area is 122 Å². The topological polar surface area (TPSA) is 82.7 Å². The summed E-state index contributed by atoms with van der Waals surface area (Å²) >= 11 is 0. The minimum Gasteiger partial charge on any atom is -0.323 e. The zero-order chi connectivity index (χ0) is 14.7. The second kappa shape index (κ2) is 5.67. The maximum absolute atomic E-state index is 12.0. The molecule has 1 fully saturated rings. The fourth-order valence-electron chi connectivity index (χ4n) is 2.39. The van der Waals surface area contributed by atoms with Gasteiger partial charge in [-0.15, -0.1) is 0 Å². The van der Waals surface area contributed by atoms with Crippen LogP contribution in [0.4, 0.5) is 5.69 Å². The van der Waals surface area contributed by atoms with Gasteiger partial charge < -0.3 is 10.6 Å². The van der Waals surface area contributed by atoms with Crippen molar-refractivity contribution in [3.8, 4) is 11.9 Å². The first kappa shape index (κ1) is 13.2. The fourth-order valence-corrected chi connectivity index (χ4v) is 2.39. The third-order valence-corrected chi connectivity index (χ3v) is 3.65. The van der Waals surface area contributed by atoms with Gasteiger partial charge in [0.15, 0.2) is 6.19 Å². The number of hydrogen-bond donors (Lipinski definition) is 2. The number of rotatable bonds is 4. The molecule has 0 unspecified atom stereocenters. The van der Waals surface area contributed by atoms with E-state index in [1.165, 1.54) is 0 Å². The minimum absolute atomic E-state index is 0.0152. The second-order valence-electron chi connectivity index (χ2n) is 5.12. The molecule has 3 rings (SSSR count). The van der Waals surface area contributed by atoms with Crippen LogP contribution < -0.4 is 10.6 Å². The van der Waals surface area contributed by atoms with E-state index in [0.717, 1.165) is 5.69 Å². The highest BCUT2D eigenvalue weighted by Gasteiger charge is 2.34. The summed E-state index contributed by atoms with van der Waals surface area (Å²) in [7, 11) is 0. The Morgan fingerprint density at radius 2 is 2.10 bits per heavy atom. The predicted octanol–water partition coefficient (Wildman–Crippen LogP) is 1.66. The van der Waals surface area contributed by atoms with Crippen molar-refractivity contribution in [2.24, 2.45) is 5.92 Å². The molecular weight excluding hydrogens is 266 g/mol. The van der Waals surface area contributed by atoms with Crippen LogP contribution in [-0.4, -0.2) is 21.7 Å². The van der Waals surface area contributed by atoms with Gasteiger partial charge in [0.25, 0.3) is 0 Å². The number of carbonyl (C=O) groups is 1. The Balaban J connectivity index is 1.58. The van der Waals surface area contributed by atoms with Crippen molar-refractivity contribution in [3.63, 3.8) is 0 Å². The van der Waals surface area contributed by atoms with Gasteiger partial charge >= 0.3 is 0 Å². The fraction of sp³-hybridized carbons (Fsp3) is 0.267. The number of hydrogen-bond acceptors (Lipinski definition) is 4. The van der Waals surface area contributed by atoms with Crippen LogP contribution in [-0.2, 0) is 4.79 Å². The summed E-state index contributed by atoms with van der Waals surface area (Å²) in [6.07, 6.45) is 6.73. The molecule has 1 aliphatic rings. The first-order chi connectivity index (χ1) is 10.3. The number of nitrogens with one attached hydrogen (secondary N) is 2. The highest BCUT2D eigenvalue weighted by molar-refractivity contribution is 5.93. The summed E-state index contributed by atoms with van der Waals surface area (Å²) in [5.74, 6) is -0.0467. The summed E-state index contributed by atoms with van der Waals surface area (Å²) < 4.78 is 1.72. The first-order valence-corrected chi connectivity index (χ1v) is 6.82. The van der Waals surface area contributed by atoms with Gasteiger partial charge in [0.2, 0.25) is 5.91 Å². The lowest BCUT2D eigenvalue weighted by Gasteiger charge is -2.32. The molecule has 0 spiro atoms. The monoisotopic (exact) mass is 281 g/mol. The molecule has 21 heavy (non-hydrogen) atoms. The van der Waals surface area contributed by atoms with Crippen molar-refractivity contribution < 1.29 is 4.79 Å². The molecule has 0 bridgehead atoms. The normalized spacial score (nSPS) is 20.1. The summed E-state index contributed by atoms with van der Waals surface area (Å²) in [6, 6.07) is 9.85. The smallest absolute Gasteiger partial charge is 0.227 e. The van der Waals surface area contributed by atoms with E-state index in [-0.39, 0.29) is 17.9 Å². The van der Waals surface area contributed by atoms with Crippen molar-refractivity contribution >= 4 is 11.6 Å². The van der Waals surface area contributed by atoms with Crippen LogP contribution in [0, 0.1) is 17.4 Å². The summed E-state index contributed by atoms with van der Waals surface area (Å²) in [5.41, 5.74) is 1.63. The number of anilines is 1. The van der Waals surface area contributed by atoms with E-state index >= 15 is 0 Å². The molecule has 1 heterocycles. The van der Waals surface area contributed by atoms with E-state index in [1.807, 2.05) is 36.5 Å². The van der Waals surface area contributed by atoms with E-state index in [0.29, 0.717) is 18.5 Å². The lowest BCUT2D eigenvalue weighted by atomic mass is 9.80. The van der Waals surface area contributed by atoms with Crippen LogP contribution in [0.25, 0.3) is 5.69 Å². The van der Waals surface area contributed by atoms with Gasteiger partial charge in [-0.3, -0.25) is 4.79 Å². The van der Waals surface area contributed by atoms with Crippen LogP contribution in [0.15, 0.2) is 42.7 Å². The van der Waals surface area contributed by atoms with Crippen molar-refractivity contribution in [1.29, 1.82) is 5.26 Å². The average molecular weight is 281 g/mol. The van der Waals surface area contributed by atoms with Crippen LogP contribution in [0.3, 0.4) is 0 Å². The third-order valence-electron chi connectivity index (χ3n) is 3.65. The van der Waals surface area contributed by atoms with E-state index in [9.17, 15) is 4.79 Å². The highest BCUT2D eigenvalue weighted by atomic mass is 16.1. The number of nitriles is 1. The second-order valence-corrected chi connectivity index (χ2v) is 5.12. The molecular formula is C15H15N5O. The quantitative estimate of drug-likeness (QED) is 0.659. The van der Waals surface area contributed by atoms with E-state index in [1.54, 1.807) is 17.1 Å². The Hall–Kier alpha value is -2.81. The van der Waals surface area contributed by atoms with Crippen LogP contribution in [0.2, 0.25) is 0 Å². The van der Waals surface area contributed by atoms with E-state index in [2.05, 4.69) is 15.7 Å². The maximum Gasteiger partial charge on any atom is 0.227 e. The molecule has 0 atom stereocenters. The van der Waals surface area contributed by atoms with Crippen LogP contribution in [0.5, 0.6) is 0 Å². The van der Waals surface area contributed by atoms with Gasteiger partial charge in [-0.05, 0) is 25.0 Å². The van der Waals surface area contributed by atoms with Crippen LogP contribution >= 0.6 is 0 Å².